The van der Waals surface area contributed by atoms with Crippen molar-refractivity contribution in [1.82, 2.24) is 4.57 Å². The van der Waals surface area contributed by atoms with Crippen LogP contribution in [0.25, 0.3) is 11.6 Å². The van der Waals surface area contributed by atoms with E-state index in [-0.39, 0.29) is 15.4 Å². The summed E-state index contributed by atoms with van der Waals surface area (Å²) < 4.78 is 1.35. The van der Waals surface area contributed by atoms with Gasteiger partial charge < -0.3 is 15.3 Å². The highest BCUT2D eigenvalue weighted by Crippen LogP contribution is 2.36. The monoisotopic (exact) mass is 362 g/mol. The zero-order valence-electron chi connectivity index (χ0n) is 12.0. The van der Waals surface area contributed by atoms with Gasteiger partial charge in [-0.1, -0.05) is 0 Å². The van der Waals surface area contributed by atoms with Crippen molar-refractivity contribution in [3.05, 3.63) is 38.2 Å². The number of carboxylic acids is 2. The molecule has 9 heteroatoms. The molecule has 1 aliphatic heterocycles. The molecule has 0 spiro atoms. The topological polar surface area (TPSA) is 112 Å². The number of thiazole rings is 1. The molecule has 0 fully saturated rings. The quantitative estimate of drug-likeness (QED) is 0.721. The Hall–Kier alpha value is -2.78. The Bertz CT molecular complexity index is 984. The minimum atomic E-state index is -1.11. The number of hydrogen-bond donors (Lipinski definition) is 3. The third kappa shape index (κ3) is 2.86. The van der Waals surface area contributed by atoms with Crippen molar-refractivity contribution >= 4 is 59.0 Å². The van der Waals surface area contributed by atoms with Crippen molar-refractivity contribution in [3.8, 4) is 5.88 Å². The number of fused-ring (bicyclic) bond motifs is 1. The van der Waals surface area contributed by atoms with E-state index < -0.39 is 18.5 Å². The smallest absolute Gasteiger partial charge is 0.335 e. The number of hydrogen-bond acceptors (Lipinski definition) is 6. The Kier molecular flexibility index (Phi) is 4.04. The standard InChI is InChI=1S/C15H10N2O5S2/c18-12(19)6-17-13(20)11(24-15(17)23)4-8-5-16-10-2-1-7(14(21)22)3-9(8)10/h1-5,20H,6H2,(H,18,19)(H,21,22)/b8-4+. The second-order valence-electron chi connectivity index (χ2n) is 4.93. The first kappa shape index (κ1) is 16.1. The van der Waals surface area contributed by atoms with E-state index in [4.69, 9.17) is 22.4 Å². The van der Waals surface area contributed by atoms with Gasteiger partial charge in [0.25, 0.3) is 0 Å². The first-order valence-electron chi connectivity index (χ1n) is 6.64. The molecule has 0 saturated carbocycles. The SMILES string of the molecule is O=C(O)Cn1c(O)c(/C=C2\C=Nc3ccc(C(=O)O)cc32)sc1=S. The van der Waals surface area contributed by atoms with Gasteiger partial charge >= 0.3 is 11.9 Å². The number of aliphatic carboxylic acids is 1. The van der Waals surface area contributed by atoms with E-state index in [0.717, 1.165) is 15.9 Å². The lowest BCUT2D eigenvalue weighted by atomic mass is 10.0. The molecule has 1 aromatic carbocycles. The van der Waals surface area contributed by atoms with Crippen molar-refractivity contribution in [2.24, 2.45) is 4.99 Å². The Morgan fingerprint density at radius 3 is 2.75 bits per heavy atom. The Balaban J connectivity index is 2.05. The number of rotatable bonds is 4. The number of aromatic nitrogens is 1. The lowest BCUT2D eigenvalue weighted by Gasteiger charge is -2.02. The second-order valence-corrected chi connectivity index (χ2v) is 6.61. The highest BCUT2D eigenvalue weighted by atomic mass is 32.1. The predicted molar refractivity (Wildman–Crippen MR) is 91.9 cm³/mol. The van der Waals surface area contributed by atoms with Gasteiger partial charge in [0.2, 0.25) is 5.88 Å². The fourth-order valence-corrected chi connectivity index (χ4v) is 3.52. The highest BCUT2D eigenvalue weighted by Gasteiger charge is 2.18. The second kappa shape index (κ2) is 6.02. The van der Waals surface area contributed by atoms with E-state index in [1.54, 1.807) is 18.4 Å². The number of carbonyl (C=O) groups is 2. The summed E-state index contributed by atoms with van der Waals surface area (Å²) in [5.74, 6) is -2.40. The number of benzene rings is 1. The molecule has 1 aliphatic rings. The molecule has 0 amide bonds. The summed E-state index contributed by atoms with van der Waals surface area (Å²) in [7, 11) is 0. The van der Waals surface area contributed by atoms with Crippen molar-refractivity contribution in [2.75, 3.05) is 0 Å². The van der Waals surface area contributed by atoms with Gasteiger partial charge in [-0.3, -0.25) is 14.4 Å². The molecule has 0 aliphatic carbocycles. The van der Waals surface area contributed by atoms with Crippen molar-refractivity contribution in [1.29, 1.82) is 0 Å². The molecule has 122 valence electrons. The fourth-order valence-electron chi connectivity index (χ4n) is 2.26. The number of aliphatic imine (C=N–C) groups is 1. The van der Waals surface area contributed by atoms with Crippen LogP contribution in [0.2, 0.25) is 0 Å². The van der Waals surface area contributed by atoms with E-state index in [1.807, 2.05) is 0 Å². The number of aromatic carboxylic acids is 1. The highest BCUT2D eigenvalue weighted by molar-refractivity contribution is 7.73. The van der Waals surface area contributed by atoms with Crippen LogP contribution in [0.1, 0.15) is 20.8 Å². The average molecular weight is 362 g/mol. The fraction of sp³-hybridized carbons (Fsp3) is 0.0667. The van der Waals surface area contributed by atoms with Crippen LogP contribution in [0.3, 0.4) is 0 Å². The van der Waals surface area contributed by atoms with Crippen LogP contribution in [-0.2, 0) is 11.3 Å². The Labute approximate surface area is 144 Å². The average Bonchev–Trinajstić information content (AvgIpc) is 3.03. The minimum absolute atomic E-state index is 0.130. The lowest BCUT2D eigenvalue weighted by molar-refractivity contribution is -0.137. The Morgan fingerprint density at radius 2 is 2.08 bits per heavy atom. The third-order valence-corrected chi connectivity index (χ3v) is 4.76. The molecule has 7 nitrogen and oxygen atoms in total. The van der Waals surface area contributed by atoms with Gasteiger partial charge in [0.05, 0.1) is 16.1 Å². The molecule has 3 N–H and O–H groups in total. The molecule has 0 saturated heterocycles. The summed E-state index contributed by atoms with van der Waals surface area (Å²) in [4.78, 5) is 26.5. The summed E-state index contributed by atoms with van der Waals surface area (Å²) in [5, 5.41) is 28.1. The van der Waals surface area contributed by atoms with Crippen molar-refractivity contribution < 1.29 is 24.9 Å². The summed E-state index contributed by atoms with van der Waals surface area (Å²) in [5.41, 5.74) is 1.99. The zero-order chi connectivity index (χ0) is 17.4. The number of carboxylic acid groups (broad SMARTS) is 2. The van der Waals surface area contributed by atoms with Crippen molar-refractivity contribution in [2.45, 2.75) is 6.54 Å². The van der Waals surface area contributed by atoms with E-state index in [9.17, 15) is 14.7 Å². The summed E-state index contributed by atoms with van der Waals surface area (Å²) in [6.07, 6.45) is 3.16. The number of nitrogens with zero attached hydrogens (tertiary/aromatic N) is 2. The molecule has 3 rings (SSSR count). The summed E-state index contributed by atoms with van der Waals surface area (Å²) in [6, 6.07) is 4.57. The van der Waals surface area contributed by atoms with Gasteiger partial charge in [-0.2, -0.15) is 0 Å². The van der Waals surface area contributed by atoms with Crippen molar-refractivity contribution in [3.63, 3.8) is 0 Å². The van der Waals surface area contributed by atoms with Gasteiger partial charge in [0.15, 0.2) is 3.95 Å². The molecule has 0 radical (unpaired) electrons. The molecular weight excluding hydrogens is 352 g/mol. The van der Waals surface area contributed by atoms with Gasteiger partial charge in [0.1, 0.15) is 6.54 Å². The first-order valence-corrected chi connectivity index (χ1v) is 7.87. The predicted octanol–water partition coefficient (Wildman–Crippen LogP) is 3.02. The molecule has 1 aromatic heterocycles. The van der Waals surface area contributed by atoms with Gasteiger partial charge in [-0.05, 0) is 36.5 Å². The third-order valence-electron chi connectivity index (χ3n) is 3.37. The number of allylic oxidation sites excluding steroid dienone is 1. The lowest BCUT2D eigenvalue weighted by Crippen LogP contribution is -2.07. The number of aromatic hydroxyl groups is 1. The van der Waals surface area contributed by atoms with Gasteiger partial charge in [-0.25, -0.2) is 4.79 Å². The molecule has 0 unspecified atom stereocenters. The van der Waals surface area contributed by atoms with E-state index >= 15 is 0 Å². The Morgan fingerprint density at radius 1 is 1.33 bits per heavy atom. The van der Waals surface area contributed by atoms with E-state index in [1.165, 1.54) is 12.1 Å². The van der Waals surface area contributed by atoms with Crippen LogP contribution in [0.15, 0.2) is 23.2 Å². The molecule has 0 atom stereocenters. The molecular formula is C15H10N2O5S2. The maximum absolute atomic E-state index is 11.1. The van der Waals surface area contributed by atoms with E-state index in [0.29, 0.717) is 21.7 Å². The summed E-state index contributed by atoms with van der Waals surface area (Å²) in [6.45, 7) is -0.432. The van der Waals surface area contributed by atoms with E-state index in [2.05, 4.69) is 4.99 Å². The molecule has 2 aromatic rings. The van der Waals surface area contributed by atoms with Crippen LogP contribution in [-0.4, -0.2) is 38.0 Å². The molecule has 24 heavy (non-hydrogen) atoms. The van der Waals surface area contributed by atoms with Gasteiger partial charge in [0, 0.05) is 17.4 Å². The molecule has 2 heterocycles. The van der Waals surface area contributed by atoms with Gasteiger partial charge in [-0.15, -0.1) is 11.3 Å². The maximum Gasteiger partial charge on any atom is 0.335 e. The van der Waals surface area contributed by atoms with Crippen LogP contribution in [0.4, 0.5) is 5.69 Å². The zero-order valence-corrected chi connectivity index (χ0v) is 13.6. The minimum Gasteiger partial charge on any atom is -0.493 e. The van der Waals surface area contributed by atoms with Crippen LogP contribution in [0.5, 0.6) is 5.88 Å². The largest absolute Gasteiger partial charge is 0.493 e. The van der Waals surface area contributed by atoms with Crippen LogP contribution < -0.4 is 0 Å². The molecule has 0 bridgehead atoms. The normalized spacial score (nSPS) is 14.1. The maximum atomic E-state index is 11.1. The summed E-state index contributed by atoms with van der Waals surface area (Å²) >= 11 is 6.14. The van der Waals surface area contributed by atoms with Crippen LogP contribution >= 0.6 is 23.6 Å². The van der Waals surface area contributed by atoms with Crippen LogP contribution in [0, 0.1) is 3.95 Å². The first-order chi connectivity index (χ1) is 11.4.